The summed E-state index contributed by atoms with van der Waals surface area (Å²) in [6, 6.07) is 4.18. The first-order chi connectivity index (χ1) is 6.98. The number of aliphatic imine (C=N–C) groups is 1. The number of anilines is 1. The first-order valence-corrected chi connectivity index (χ1v) is 4.76. The van der Waals surface area contributed by atoms with Crippen LogP contribution >= 0.6 is 0 Å². The normalized spacial score (nSPS) is 18.5. The highest BCUT2D eigenvalue weighted by Crippen LogP contribution is 2.23. The molecule has 0 saturated heterocycles. The minimum atomic E-state index is -0.338. The largest absolute Gasteiger partial charge is 0.475 e. The Morgan fingerprint density at radius 2 is 2.20 bits per heavy atom. The van der Waals surface area contributed by atoms with Crippen molar-refractivity contribution in [3.05, 3.63) is 29.6 Å². The van der Waals surface area contributed by atoms with Gasteiger partial charge in [0.2, 0.25) is 5.90 Å². The third kappa shape index (κ3) is 1.93. The standard InChI is InChI=1S/C11H13FN2O/c1-11(2)6-15-10(14-11)8-5-7(12)3-4-9(8)13/h3-5H,6,13H2,1-2H3. The fourth-order valence-electron chi connectivity index (χ4n) is 1.44. The van der Waals surface area contributed by atoms with E-state index >= 15 is 0 Å². The van der Waals surface area contributed by atoms with E-state index in [2.05, 4.69) is 4.99 Å². The third-order valence-electron chi connectivity index (χ3n) is 2.21. The number of rotatable bonds is 1. The highest BCUT2D eigenvalue weighted by Gasteiger charge is 2.28. The van der Waals surface area contributed by atoms with Crippen molar-refractivity contribution >= 4 is 11.6 Å². The zero-order chi connectivity index (χ0) is 11.1. The second-order valence-electron chi connectivity index (χ2n) is 4.25. The van der Waals surface area contributed by atoms with Crippen molar-refractivity contribution in [1.82, 2.24) is 0 Å². The summed E-state index contributed by atoms with van der Waals surface area (Å²) in [5.74, 6) is 0.0900. The van der Waals surface area contributed by atoms with Gasteiger partial charge in [0.15, 0.2) is 0 Å². The average Bonchev–Trinajstić information content (AvgIpc) is 2.50. The molecule has 0 atom stereocenters. The van der Waals surface area contributed by atoms with Crippen LogP contribution in [0.3, 0.4) is 0 Å². The summed E-state index contributed by atoms with van der Waals surface area (Å²) < 4.78 is 18.4. The van der Waals surface area contributed by atoms with Gasteiger partial charge in [-0.2, -0.15) is 0 Å². The molecule has 0 unspecified atom stereocenters. The van der Waals surface area contributed by atoms with E-state index in [9.17, 15) is 4.39 Å². The zero-order valence-electron chi connectivity index (χ0n) is 8.75. The fourth-order valence-corrected chi connectivity index (χ4v) is 1.44. The van der Waals surface area contributed by atoms with Crippen LogP contribution in [-0.4, -0.2) is 18.0 Å². The number of halogens is 1. The van der Waals surface area contributed by atoms with Crippen LogP contribution < -0.4 is 5.73 Å². The highest BCUT2D eigenvalue weighted by atomic mass is 19.1. The third-order valence-corrected chi connectivity index (χ3v) is 2.21. The molecule has 2 rings (SSSR count). The molecule has 80 valence electrons. The number of nitrogen functional groups attached to an aromatic ring is 1. The highest BCUT2D eigenvalue weighted by molar-refractivity contribution is 6.00. The summed E-state index contributed by atoms with van der Waals surface area (Å²) in [5, 5.41) is 0. The first kappa shape index (κ1) is 9.96. The van der Waals surface area contributed by atoms with Crippen LogP contribution in [-0.2, 0) is 4.74 Å². The molecule has 0 radical (unpaired) electrons. The van der Waals surface area contributed by atoms with Crippen LogP contribution in [0.2, 0.25) is 0 Å². The molecule has 3 nitrogen and oxygen atoms in total. The van der Waals surface area contributed by atoms with Crippen LogP contribution in [0.1, 0.15) is 19.4 Å². The van der Waals surface area contributed by atoms with Crippen molar-refractivity contribution in [2.24, 2.45) is 4.99 Å². The number of hydrogen-bond donors (Lipinski definition) is 1. The lowest BCUT2D eigenvalue weighted by atomic mass is 10.1. The Balaban J connectivity index is 2.43. The van der Waals surface area contributed by atoms with Crippen molar-refractivity contribution in [2.45, 2.75) is 19.4 Å². The van der Waals surface area contributed by atoms with Gasteiger partial charge >= 0.3 is 0 Å². The summed E-state index contributed by atoms with van der Waals surface area (Å²) in [5.41, 5.74) is 6.48. The van der Waals surface area contributed by atoms with E-state index in [0.717, 1.165) is 0 Å². The average molecular weight is 208 g/mol. The van der Waals surface area contributed by atoms with Crippen molar-refractivity contribution < 1.29 is 9.13 Å². The quantitative estimate of drug-likeness (QED) is 0.717. The van der Waals surface area contributed by atoms with Gasteiger partial charge < -0.3 is 10.5 Å². The van der Waals surface area contributed by atoms with Gasteiger partial charge in [-0.1, -0.05) is 0 Å². The summed E-state index contributed by atoms with van der Waals surface area (Å²) in [6.45, 7) is 4.41. The maximum Gasteiger partial charge on any atom is 0.219 e. The minimum Gasteiger partial charge on any atom is -0.475 e. The Bertz CT molecular complexity index is 427. The minimum absolute atomic E-state index is 0.256. The monoisotopic (exact) mass is 208 g/mol. The molecule has 0 amide bonds. The lowest BCUT2D eigenvalue weighted by Crippen LogP contribution is -2.17. The van der Waals surface area contributed by atoms with Gasteiger partial charge in [0.1, 0.15) is 12.4 Å². The molecule has 1 aliphatic heterocycles. The van der Waals surface area contributed by atoms with Crippen LogP contribution in [0.5, 0.6) is 0 Å². The van der Waals surface area contributed by atoms with Gasteiger partial charge in [0.05, 0.1) is 11.1 Å². The maximum absolute atomic E-state index is 13.0. The lowest BCUT2D eigenvalue weighted by Gasteiger charge is -2.07. The summed E-state index contributed by atoms with van der Waals surface area (Å²) in [6.07, 6.45) is 0. The predicted octanol–water partition coefficient (Wildman–Crippen LogP) is 1.96. The van der Waals surface area contributed by atoms with E-state index in [1.165, 1.54) is 18.2 Å². The molecule has 2 N–H and O–H groups in total. The van der Waals surface area contributed by atoms with E-state index in [0.29, 0.717) is 23.8 Å². The molecular weight excluding hydrogens is 195 g/mol. The molecule has 0 aromatic heterocycles. The topological polar surface area (TPSA) is 47.6 Å². The Hall–Kier alpha value is -1.58. The van der Waals surface area contributed by atoms with E-state index in [1.54, 1.807) is 0 Å². The van der Waals surface area contributed by atoms with Crippen LogP contribution in [0.4, 0.5) is 10.1 Å². The molecule has 0 fully saturated rings. The van der Waals surface area contributed by atoms with Crippen LogP contribution in [0.25, 0.3) is 0 Å². The van der Waals surface area contributed by atoms with E-state index in [4.69, 9.17) is 10.5 Å². The van der Waals surface area contributed by atoms with Crippen LogP contribution in [0, 0.1) is 5.82 Å². The maximum atomic E-state index is 13.0. The number of nitrogens with zero attached hydrogens (tertiary/aromatic N) is 1. The van der Waals surface area contributed by atoms with Crippen molar-refractivity contribution in [3.63, 3.8) is 0 Å². The van der Waals surface area contributed by atoms with Gasteiger partial charge in [0.25, 0.3) is 0 Å². The van der Waals surface area contributed by atoms with Gasteiger partial charge in [-0.15, -0.1) is 0 Å². The molecule has 0 spiro atoms. The lowest BCUT2D eigenvalue weighted by molar-refractivity contribution is 0.279. The molecule has 0 bridgehead atoms. The first-order valence-electron chi connectivity index (χ1n) is 4.76. The summed E-state index contributed by atoms with van der Waals surface area (Å²) in [7, 11) is 0. The number of nitrogens with two attached hydrogens (primary N) is 1. The van der Waals surface area contributed by atoms with Crippen molar-refractivity contribution in [2.75, 3.05) is 12.3 Å². The second-order valence-corrected chi connectivity index (χ2v) is 4.25. The molecule has 1 heterocycles. The summed E-state index contributed by atoms with van der Waals surface area (Å²) >= 11 is 0. The molecule has 15 heavy (non-hydrogen) atoms. The van der Waals surface area contributed by atoms with E-state index in [1.807, 2.05) is 13.8 Å². The molecular formula is C11H13FN2O. The molecule has 0 aliphatic carbocycles. The molecule has 4 heteroatoms. The predicted molar refractivity (Wildman–Crippen MR) is 57.4 cm³/mol. The molecule has 1 aromatic rings. The zero-order valence-corrected chi connectivity index (χ0v) is 8.75. The smallest absolute Gasteiger partial charge is 0.219 e. The van der Waals surface area contributed by atoms with Gasteiger partial charge in [-0.05, 0) is 32.0 Å². The molecule has 0 saturated carbocycles. The number of ether oxygens (including phenoxy) is 1. The Morgan fingerprint density at radius 1 is 1.47 bits per heavy atom. The summed E-state index contributed by atoms with van der Waals surface area (Å²) in [4.78, 5) is 4.34. The SMILES string of the molecule is CC1(C)COC(c2cc(F)ccc2N)=N1. The Kier molecular flexibility index (Phi) is 2.14. The van der Waals surface area contributed by atoms with Gasteiger partial charge in [-0.25, -0.2) is 9.38 Å². The van der Waals surface area contributed by atoms with Crippen LogP contribution in [0.15, 0.2) is 23.2 Å². The molecule has 1 aromatic carbocycles. The van der Waals surface area contributed by atoms with Crippen molar-refractivity contribution in [3.8, 4) is 0 Å². The van der Waals surface area contributed by atoms with E-state index < -0.39 is 0 Å². The second kappa shape index (κ2) is 3.22. The Morgan fingerprint density at radius 3 is 2.80 bits per heavy atom. The number of hydrogen-bond acceptors (Lipinski definition) is 3. The van der Waals surface area contributed by atoms with Gasteiger partial charge in [-0.3, -0.25) is 0 Å². The fraction of sp³-hybridized carbons (Fsp3) is 0.364. The molecule has 1 aliphatic rings. The number of benzene rings is 1. The Labute approximate surface area is 87.8 Å². The van der Waals surface area contributed by atoms with Crippen molar-refractivity contribution in [1.29, 1.82) is 0 Å². The van der Waals surface area contributed by atoms with Gasteiger partial charge in [0, 0.05) is 5.69 Å². The van der Waals surface area contributed by atoms with E-state index in [-0.39, 0.29) is 11.4 Å².